The van der Waals surface area contributed by atoms with Gasteiger partial charge in [0.15, 0.2) is 0 Å². The van der Waals surface area contributed by atoms with E-state index in [-0.39, 0.29) is 0 Å². The van der Waals surface area contributed by atoms with Gasteiger partial charge in [-0.2, -0.15) is 0 Å². The minimum Gasteiger partial charge on any atom is -0.245 e. The predicted molar refractivity (Wildman–Crippen MR) is 107 cm³/mol. The molecule has 0 aliphatic carbocycles. The Morgan fingerprint density at radius 2 is 1.12 bits per heavy atom. The van der Waals surface area contributed by atoms with Gasteiger partial charge >= 0.3 is 0 Å². The first-order valence-electron chi connectivity index (χ1n) is 8.61. The summed E-state index contributed by atoms with van der Waals surface area (Å²) in [5.74, 6) is 0. The van der Waals surface area contributed by atoms with Gasteiger partial charge in [-0.1, -0.05) is 72.8 Å². The summed E-state index contributed by atoms with van der Waals surface area (Å²) in [5.41, 5.74) is 5.94. The second kappa shape index (κ2) is 6.08. The molecule has 0 N–H and O–H groups in total. The third-order valence-corrected chi connectivity index (χ3v) is 4.59. The van der Waals surface area contributed by atoms with Gasteiger partial charge in [-0.15, -0.1) is 0 Å². The minimum atomic E-state index is 0.932. The Balaban J connectivity index is 1.77. The average molecular weight is 331 g/mol. The highest BCUT2D eigenvalue weighted by Crippen LogP contribution is 2.28. The van der Waals surface area contributed by atoms with Crippen molar-refractivity contribution in [3.63, 3.8) is 0 Å². The Hall–Kier alpha value is -3.52. The summed E-state index contributed by atoms with van der Waals surface area (Å²) >= 11 is 0. The number of nitrogens with zero attached hydrogens (tertiary/aromatic N) is 2. The van der Waals surface area contributed by atoms with Crippen molar-refractivity contribution in [3.05, 3.63) is 97.1 Å². The van der Waals surface area contributed by atoms with E-state index in [1.165, 1.54) is 0 Å². The molecule has 26 heavy (non-hydrogen) atoms. The number of benzene rings is 3. The molecule has 2 aromatic heterocycles. The molecule has 0 amide bonds. The van der Waals surface area contributed by atoms with Gasteiger partial charge < -0.3 is 0 Å². The molecule has 0 saturated heterocycles. The summed E-state index contributed by atoms with van der Waals surface area (Å²) in [4.78, 5) is 9.86. The molecule has 0 aliphatic heterocycles. The van der Waals surface area contributed by atoms with Crippen molar-refractivity contribution < 1.29 is 0 Å². The van der Waals surface area contributed by atoms with Gasteiger partial charge in [0.1, 0.15) is 0 Å². The molecule has 3 aromatic carbocycles. The fraction of sp³-hybridized carbons (Fsp3) is 0. The molecule has 0 bridgehead atoms. The van der Waals surface area contributed by atoms with Gasteiger partial charge in [0, 0.05) is 21.9 Å². The van der Waals surface area contributed by atoms with Crippen molar-refractivity contribution in [3.8, 4) is 22.5 Å². The van der Waals surface area contributed by atoms with Crippen LogP contribution in [-0.2, 0) is 0 Å². The van der Waals surface area contributed by atoms with E-state index >= 15 is 0 Å². The normalized spacial score (nSPS) is 11.1. The predicted octanol–water partition coefficient (Wildman–Crippen LogP) is 5.92. The monoisotopic (exact) mass is 331 g/mol. The molecule has 0 spiro atoms. The van der Waals surface area contributed by atoms with Gasteiger partial charge in [0.2, 0.25) is 0 Å². The highest BCUT2D eigenvalue weighted by molar-refractivity contribution is 6.04. The van der Waals surface area contributed by atoms with E-state index in [4.69, 9.17) is 9.97 Å². The molecule has 1 radical (unpaired) electrons. The third-order valence-electron chi connectivity index (χ3n) is 4.59. The Labute approximate surface area is 151 Å². The van der Waals surface area contributed by atoms with E-state index in [1.54, 1.807) is 0 Å². The van der Waals surface area contributed by atoms with E-state index < -0.39 is 0 Å². The van der Waals surface area contributed by atoms with E-state index in [9.17, 15) is 0 Å². The number of rotatable bonds is 2. The molecule has 2 heterocycles. The zero-order valence-corrected chi connectivity index (χ0v) is 14.1. The van der Waals surface area contributed by atoms with Crippen molar-refractivity contribution in [2.45, 2.75) is 0 Å². The lowest BCUT2D eigenvalue weighted by atomic mass is 10.1. The second-order valence-electron chi connectivity index (χ2n) is 6.26. The molecule has 121 valence electrons. The summed E-state index contributed by atoms with van der Waals surface area (Å²) in [6.07, 6.45) is 0. The lowest BCUT2D eigenvalue weighted by molar-refractivity contribution is 1.36. The second-order valence-corrected chi connectivity index (χ2v) is 6.26. The van der Waals surface area contributed by atoms with Gasteiger partial charge in [-0.3, -0.25) is 0 Å². The van der Waals surface area contributed by atoms with E-state index in [1.807, 2.05) is 36.4 Å². The molecule has 2 heteroatoms. The van der Waals surface area contributed by atoms with Gasteiger partial charge in [-0.25, -0.2) is 9.97 Å². The molecule has 5 aromatic rings. The van der Waals surface area contributed by atoms with Gasteiger partial charge in [0.05, 0.1) is 22.4 Å². The lowest BCUT2D eigenvalue weighted by Crippen LogP contribution is -1.90. The van der Waals surface area contributed by atoms with Gasteiger partial charge in [0.25, 0.3) is 0 Å². The standard InChI is InChI=1S/C24H15N2/c1-3-7-17(8-4-1)21-15-13-19-11-12-20-14-16-22(18-9-5-2-6-10-18)26-24(20)23(19)25-21/h1-5,7-16H. The largest absolute Gasteiger partial charge is 0.245 e. The molecule has 0 unspecified atom stereocenters. The molecule has 0 atom stereocenters. The number of aromatic nitrogens is 2. The Kier molecular flexibility index (Phi) is 3.46. The van der Waals surface area contributed by atoms with Crippen LogP contribution in [0.2, 0.25) is 0 Å². The minimum absolute atomic E-state index is 0.932. The first-order valence-corrected chi connectivity index (χ1v) is 8.61. The van der Waals surface area contributed by atoms with Crippen LogP contribution < -0.4 is 0 Å². The van der Waals surface area contributed by atoms with Crippen LogP contribution in [0.4, 0.5) is 0 Å². The number of hydrogen-bond donors (Lipinski definition) is 0. The van der Waals surface area contributed by atoms with Crippen LogP contribution in [0.5, 0.6) is 0 Å². The van der Waals surface area contributed by atoms with Crippen LogP contribution >= 0.6 is 0 Å². The SMILES string of the molecule is [c]1cccc(-c2ccc3ccc4ccc(-c5ccccc5)nc4c3n2)c1. The molecule has 2 nitrogen and oxygen atoms in total. The zero-order valence-electron chi connectivity index (χ0n) is 14.1. The summed E-state index contributed by atoms with van der Waals surface area (Å²) in [5, 5.41) is 2.19. The number of hydrogen-bond acceptors (Lipinski definition) is 2. The van der Waals surface area contributed by atoms with Crippen LogP contribution in [0.15, 0.2) is 91.0 Å². The fourth-order valence-electron chi connectivity index (χ4n) is 3.25. The van der Waals surface area contributed by atoms with E-state index in [2.05, 4.69) is 60.7 Å². The molecule has 0 aliphatic rings. The molecular weight excluding hydrogens is 316 g/mol. The quantitative estimate of drug-likeness (QED) is 0.375. The van der Waals surface area contributed by atoms with Crippen molar-refractivity contribution in [2.24, 2.45) is 0 Å². The maximum Gasteiger partial charge on any atom is 0.0972 e. The van der Waals surface area contributed by atoms with E-state index in [0.29, 0.717) is 0 Å². The summed E-state index contributed by atoms with van der Waals surface area (Å²) in [7, 11) is 0. The van der Waals surface area contributed by atoms with E-state index in [0.717, 1.165) is 44.3 Å². The average Bonchev–Trinajstić information content (AvgIpc) is 2.74. The number of pyridine rings is 2. The number of fused-ring (bicyclic) bond motifs is 3. The van der Waals surface area contributed by atoms with Crippen molar-refractivity contribution in [1.82, 2.24) is 9.97 Å². The zero-order chi connectivity index (χ0) is 17.3. The highest BCUT2D eigenvalue weighted by atomic mass is 14.8. The van der Waals surface area contributed by atoms with Crippen LogP contribution in [0.1, 0.15) is 0 Å². The van der Waals surface area contributed by atoms with Crippen molar-refractivity contribution in [1.29, 1.82) is 0 Å². The lowest BCUT2D eigenvalue weighted by Gasteiger charge is -2.08. The van der Waals surface area contributed by atoms with Crippen LogP contribution in [0.25, 0.3) is 44.3 Å². The fourth-order valence-corrected chi connectivity index (χ4v) is 3.25. The Bertz CT molecular complexity index is 1110. The molecule has 0 saturated carbocycles. The van der Waals surface area contributed by atoms with Crippen molar-refractivity contribution in [2.75, 3.05) is 0 Å². The highest BCUT2D eigenvalue weighted by Gasteiger charge is 2.08. The maximum absolute atomic E-state index is 4.94. The maximum atomic E-state index is 4.94. The van der Waals surface area contributed by atoms with Crippen molar-refractivity contribution >= 4 is 21.8 Å². The topological polar surface area (TPSA) is 25.8 Å². The first-order chi connectivity index (χ1) is 12.9. The molecule has 5 rings (SSSR count). The molecular formula is C24H15N2. The Morgan fingerprint density at radius 3 is 1.73 bits per heavy atom. The Morgan fingerprint density at radius 1 is 0.538 bits per heavy atom. The van der Waals surface area contributed by atoms with Crippen LogP contribution in [0.3, 0.4) is 0 Å². The third kappa shape index (κ3) is 2.52. The summed E-state index contributed by atoms with van der Waals surface area (Å²) in [6.45, 7) is 0. The summed E-state index contributed by atoms with van der Waals surface area (Å²) in [6, 6.07) is 33.8. The summed E-state index contributed by atoms with van der Waals surface area (Å²) < 4.78 is 0. The van der Waals surface area contributed by atoms with Gasteiger partial charge in [-0.05, 0) is 24.3 Å². The molecule has 0 fully saturated rings. The smallest absolute Gasteiger partial charge is 0.0972 e. The van der Waals surface area contributed by atoms with Crippen LogP contribution in [-0.4, -0.2) is 9.97 Å². The first kappa shape index (κ1) is 14.8. The van der Waals surface area contributed by atoms with Crippen LogP contribution in [0, 0.1) is 6.07 Å².